The maximum atomic E-state index is 13.1. The van der Waals surface area contributed by atoms with E-state index in [-0.39, 0.29) is 17.9 Å². The number of anilines is 2. The molecule has 2 heterocycles. The van der Waals surface area contributed by atoms with Crippen LogP contribution in [0.25, 0.3) is 0 Å². The van der Waals surface area contributed by atoms with Crippen LogP contribution in [0.5, 0.6) is 0 Å². The number of carbonyl (C=O) groups is 2. The smallest absolute Gasteiger partial charge is 0.255 e. The third-order valence-electron chi connectivity index (χ3n) is 5.82. The van der Waals surface area contributed by atoms with Crippen LogP contribution in [0.1, 0.15) is 52.8 Å². The van der Waals surface area contributed by atoms with E-state index in [0.29, 0.717) is 28.4 Å². The number of amides is 2. The Morgan fingerprint density at radius 3 is 2.48 bits per heavy atom. The van der Waals surface area contributed by atoms with E-state index in [1.165, 1.54) is 6.42 Å². The topological polar surface area (TPSA) is 70.7 Å². The number of carbonyl (C=O) groups excluding carboxylic acids is 2. The van der Waals surface area contributed by atoms with Gasteiger partial charge in [-0.2, -0.15) is 0 Å². The van der Waals surface area contributed by atoms with Crippen molar-refractivity contribution in [2.45, 2.75) is 38.2 Å². The normalized spacial score (nSPS) is 18.6. The molecule has 2 N–H and O–H groups in total. The van der Waals surface area contributed by atoms with Gasteiger partial charge in [-0.3, -0.25) is 9.59 Å². The number of nitrogens with one attached hydrogen (secondary N) is 2. The summed E-state index contributed by atoms with van der Waals surface area (Å²) in [6.45, 7) is 3.12. The second kappa shape index (κ2) is 10.2. The predicted molar refractivity (Wildman–Crippen MR) is 123 cm³/mol. The standard InChI is InChI=1S/C24H28ClN3O3/c25-18-8-6-17(7-9-18)23(29)27-19-10-11-22(28-12-2-1-3-13-28)21(15-19)24(30)26-16-20-5-4-14-31-20/h6-11,15,20H,1-5,12-14,16H2,(H,26,30)(H,27,29). The predicted octanol–water partition coefficient (Wildman–Crippen LogP) is 4.49. The molecule has 2 aromatic rings. The number of halogens is 1. The summed E-state index contributed by atoms with van der Waals surface area (Å²) in [4.78, 5) is 28.0. The minimum Gasteiger partial charge on any atom is -0.376 e. The number of piperidine rings is 1. The van der Waals surface area contributed by atoms with Crippen LogP contribution in [0, 0.1) is 0 Å². The van der Waals surface area contributed by atoms with Gasteiger partial charge in [0, 0.05) is 48.2 Å². The molecule has 7 heteroatoms. The van der Waals surface area contributed by atoms with Crippen molar-refractivity contribution < 1.29 is 14.3 Å². The Hall–Kier alpha value is -2.57. The number of nitrogens with zero attached hydrogens (tertiary/aromatic N) is 1. The molecule has 1 unspecified atom stereocenters. The summed E-state index contributed by atoms with van der Waals surface area (Å²) in [6, 6.07) is 12.3. The first-order valence-corrected chi connectivity index (χ1v) is 11.3. The molecule has 164 valence electrons. The minimum atomic E-state index is -0.242. The Kier molecular flexibility index (Phi) is 7.10. The zero-order valence-corrected chi connectivity index (χ0v) is 18.3. The van der Waals surface area contributed by atoms with E-state index >= 15 is 0 Å². The summed E-state index contributed by atoms with van der Waals surface area (Å²) in [6.07, 6.45) is 5.53. The first kappa shape index (κ1) is 21.7. The van der Waals surface area contributed by atoms with Gasteiger partial charge in [0.05, 0.1) is 11.7 Å². The summed E-state index contributed by atoms with van der Waals surface area (Å²) in [5, 5.41) is 6.49. The van der Waals surface area contributed by atoms with Gasteiger partial charge in [-0.1, -0.05) is 11.6 Å². The third-order valence-corrected chi connectivity index (χ3v) is 6.07. The van der Waals surface area contributed by atoms with Gasteiger partial charge in [-0.05, 0) is 74.6 Å². The molecule has 2 aromatic carbocycles. The van der Waals surface area contributed by atoms with E-state index < -0.39 is 0 Å². The molecule has 0 radical (unpaired) electrons. The monoisotopic (exact) mass is 441 g/mol. The molecule has 0 aromatic heterocycles. The third kappa shape index (κ3) is 5.57. The average Bonchev–Trinajstić information content (AvgIpc) is 3.32. The second-order valence-electron chi connectivity index (χ2n) is 8.09. The summed E-state index contributed by atoms with van der Waals surface area (Å²) in [7, 11) is 0. The van der Waals surface area contributed by atoms with E-state index in [4.69, 9.17) is 16.3 Å². The highest BCUT2D eigenvalue weighted by atomic mass is 35.5. The maximum absolute atomic E-state index is 13.1. The van der Waals surface area contributed by atoms with Crippen LogP contribution in [-0.4, -0.2) is 44.2 Å². The molecule has 2 amide bonds. The molecule has 6 nitrogen and oxygen atoms in total. The molecule has 2 aliphatic rings. The zero-order valence-electron chi connectivity index (χ0n) is 17.5. The van der Waals surface area contributed by atoms with E-state index in [1.807, 2.05) is 12.1 Å². The van der Waals surface area contributed by atoms with Crippen LogP contribution in [0.3, 0.4) is 0 Å². The molecule has 2 saturated heterocycles. The van der Waals surface area contributed by atoms with Crippen molar-refractivity contribution in [2.75, 3.05) is 36.5 Å². The van der Waals surface area contributed by atoms with Crippen molar-refractivity contribution in [3.8, 4) is 0 Å². The van der Waals surface area contributed by atoms with Gasteiger partial charge in [0.15, 0.2) is 0 Å². The van der Waals surface area contributed by atoms with E-state index in [1.54, 1.807) is 30.3 Å². The van der Waals surface area contributed by atoms with Gasteiger partial charge in [-0.25, -0.2) is 0 Å². The molecule has 31 heavy (non-hydrogen) atoms. The lowest BCUT2D eigenvalue weighted by Gasteiger charge is -2.30. The molecule has 0 spiro atoms. The largest absolute Gasteiger partial charge is 0.376 e. The highest BCUT2D eigenvalue weighted by Crippen LogP contribution is 2.28. The Morgan fingerprint density at radius 1 is 1.00 bits per heavy atom. The van der Waals surface area contributed by atoms with Crippen LogP contribution in [0.15, 0.2) is 42.5 Å². The Balaban J connectivity index is 1.53. The highest BCUT2D eigenvalue weighted by molar-refractivity contribution is 6.30. The lowest BCUT2D eigenvalue weighted by atomic mass is 10.1. The first-order valence-electron chi connectivity index (χ1n) is 11.0. The minimum absolute atomic E-state index is 0.0789. The van der Waals surface area contributed by atoms with Gasteiger partial charge in [-0.15, -0.1) is 0 Å². The van der Waals surface area contributed by atoms with Gasteiger partial charge < -0.3 is 20.3 Å². The highest BCUT2D eigenvalue weighted by Gasteiger charge is 2.22. The summed E-state index contributed by atoms with van der Waals surface area (Å²) in [5.41, 5.74) is 2.58. The molecule has 4 rings (SSSR count). The average molecular weight is 442 g/mol. The van der Waals surface area contributed by atoms with Crippen LogP contribution >= 0.6 is 11.6 Å². The zero-order chi connectivity index (χ0) is 21.6. The van der Waals surface area contributed by atoms with Gasteiger partial charge in [0.1, 0.15) is 0 Å². The molecule has 2 aliphatic heterocycles. The summed E-state index contributed by atoms with van der Waals surface area (Å²) >= 11 is 5.91. The van der Waals surface area contributed by atoms with Crippen molar-refractivity contribution >= 4 is 34.8 Å². The Morgan fingerprint density at radius 2 is 1.77 bits per heavy atom. The maximum Gasteiger partial charge on any atom is 0.255 e. The lowest BCUT2D eigenvalue weighted by Crippen LogP contribution is -2.35. The Bertz CT molecular complexity index is 920. The SMILES string of the molecule is O=C(Nc1ccc(N2CCCCC2)c(C(=O)NCC2CCCO2)c1)c1ccc(Cl)cc1. The molecule has 2 fully saturated rings. The lowest BCUT2D eigenvalue weighted by molar-refractivity contribution is 0.0858. The van der Waals surface area contributed by atoms with Crippen molar-refractivity contribution in [2.24, 2.45) is 0 Å². The van der Waals surface area contributed by atoms with Gasteiger partial charge in [0.2, 0.25) is 0 Å². The fourth-order valence-corrected chi connectivity index (χ4v) is 4.24. The number of ether oxygens (including phenoxy) is 1. The quantitative estimate of drug-likeness (QED) is 0.692. The fourth-order valence-electron chi connectivity index (χ4n) is 4.12. The van der Waals surface area contributed by atoms with Gasteiger partial charge >= 0.3 is 0 Å². The van der Waals surface area contributed by atoms with Crippen LogP contribution in [0.4, 0.5) is 11.4 Å². The molecule has 0 bridgehead atoms. The molecule has 0 aliphatic carbocycles. The van der Waals surface area contributed by atoms with Crippen molar-refractivity contribution in [1.82, 2.24) is 5.32 Å². The van der Waals surface area contributed by atoms with Crippen LogP contribution in [-0.2, 0) is 4.74 Å². The number of rotatable bonds is 6. The van der Waals surface area contributed by atoms with E-state index in [2.05, 4.69) is 15.5 Å². The first-order chi connectivity index (χ1) is 15.1. The van der Waals surface area contributed by atoms with Crippen LogP contribution < -0.4 is 15.5 Å². The van der Waals surface area contributed by atoms with Crippen molar-refractivity contribution in [3.63, 3.8) is 0 Å². The summed E-state index contributed by atoms with van der Waals surface area (Å²) in [5.74, 6) is -0.383. The molecular weight excluding hydrogens is 414 g/mol. The molecule has 1 atom stereocenters. The van der Waals surface area contributed by atoms with Gasteiger partial charge in [0.25, 0.3) is 11.8 Å². The number of hydrogen-bond acceptors (Lipinski definition) is 4. The molecular formula is C24H28ClN3O3. The molecule has 0 saturated carbocycles. The van der Waals surface area contributed by atoms with Crippen molar-refractivity contribution in [1.29, 1.82) is 0 Å². The van der Waals surface area contributed by atoms with E-state index in [9.17, 15) is 9.59 Å². The van der Waals surface area contributed by atoms with E-state index in [0.717, 1.165) is 51.1 Å². The van der Waals surface area contributed by atoms with Crippen molar-refractivity contribution in [3.05, 3.63) is 58.6 Å². The Labute approximate surface area is 187 Å². The number of hydrogen-bond donors (Lipinski definition) is 2. The summed E-state index contributed by atoms with van der Waals surface area (Å²) < 4.78 is 5.63. The number of benzene rings is 2. The second-order valence-corrected chi connectivity index (χ2v) is 8.52. The van der Waals surface area contributed by atoms with Crippen LogP contribution in [0.2, 0.25) is 5.02 Å². The fraction of sp³-hybridized carbons (Fsp3) is 0.417.